The largest absolute Gasteiger partial charge is 0.481 e. The molecule has 0 aromatic carbocycles. The van der Waals surface area contributed by atoms with Crippen LogP contribution >= 0.6 is 0 Å². The van der Waals surface area contributed by atoms with Gasteiger partial charge in [0.1, 0.15) is 0 Å². The van der Waals surface area contributed by atoms with E-state index in [0.29, 0.717) is 0 Å². The molecular weight excluding hydrogens is 201 g/mol. The molecule has 52 valence electrons. The van der Waals surface area contributed by atoms with E-state index in [1.54, 1.807) is 0 Å². The van der Waals surface area contributed by atoms with E-state index < -0.39 is 5.97 Å². The molecule has 6 N–H and O–H groups in total. The fourth-order valence-corrected chi connectivity index (χ4v) is 0. The molecule has 0 fully saturated rings. The van der Waals surface area contributed by atoms with Crippen LogP contribution in [0.15, 0.2) is 0 Å². The first-order valence-electron chi connectivity index (χ1n) is 1.76. The van der Waals surface area contributed by atoms with Crippen LogP contribution in [0.4, 0.5) is 0 Å². The van der Waals surface area contributed by atoms with Gasteiger partial charge in [-0.25, -0.2) is 0 Å². The van der Waals surface area contributed by atoms with E-state index in [2.05, 4.69) is 11.5 Å². The summed E-state index contributed by atoms with van der Waals surface area (Å²) in [6.45, 7) is 1.08. The third-order valence-electron chi connectivity index (χ3n) is 0. The monoisotopic (exact) mass is 209 g/mol. The second-order valence-electron chi connectivity index (χ2n) is 0.974. The Bertz CT molecular complexity index is 75.1. The first kappa shape index (κ1) is 15.8. The van der Waals surface area contributed by atoms with Gasteiger partial charge in [0.25, 0.3) is 5.97 Å². The normalized spacial score (nSPS) is 5.44. The van der Waals surface area contributed by atoms with Crippen molar-refractivity contribution in [1.82, 2.24) is 0 Å². The average Bonchev–Trinajstić information content (AvgIpc) is 1.25. The number of guanidine groups is 1. The Morgan fingerprint density at radius 1 is 1.56 bits per heavy atom. The molecule has 0 unspecified atom stereocenters. The number of aliphatic carboxylic acids is 1. The van der Waals surface area contributed by atoms with E-state index in [-0.39, 0.29) is 32.2 Å². The molecule has 0 heterocycles. The minimum Gasteiger partial charge on any atom is -0.481 e. The van der Waals surface area contributed by atoms with Crippen molar-refractivity contribution in [1.29, 1.82) is 5.41 Å². The molecule has 0 atom stereocenters. The first-order chi connectivity index (χ1) is 3.46. The van der Waals surface area contributed by atoms with Crippen LogP contribution in [-0.2, 0) is 31.0 Å². The fraction of sp³-hybridized carbons (Fsp3) is 0.333. The van der Waals surface area contributed by atoms with Crippen molar-refractivity contribution in [2.45, 2.75) is 6.92 Å². The number of carboxylic acids is 1. The number of rotatable bonds is 0. The standard InChI is InChI=1S/C2H4O2.CH5N3.Zr/c1-2(3)4;2-1(3)4;/h1H3,(H,3,4);(H5,2,3,4);. The van der Waals surface area contributed by atoms with Gasteiger partial charge in [-0.3, -0.25) is 10.2 Å². The summed E-state index contributed by atoms with van der Waals surface area (Å²) < 4.78 is 0. The van der Waals surface area contributed by atoms with Crippen LogP contribution in [0.1, 0.15) is 6.92 Å². The van der Waals surface area contributed by atoms with Crippen LogP contribution < -0.4 is 11.5 Å². The molecule has 0 saturated heterocycles. The van der Waals surface area contributed by atoms with E-state index in [1.165, 1.54) is 0 Å². The minimum absolute atomic E-state index is 0. The molecule has 0 aliphatic heterocycles. The van der Waals surface area contributed by atoms with Crippen LogP contribution in [0.3, 0.4) is 0 Å². The molecule has 9 heavy (non-hydrogen) atoms. The van der Waals surface area contributed by atoms with E-state index in [4.69, 9.17) is 15.3 Å². The van der Waals surface area contributed by atoms with Crippen molar-refractivity contribution in [3.63, 3.8) is 0 Å². The molecule has 0 saturated carbocycles. The number of carbonyl (C=O) groups is 1. The molecule has 0 rings (SSSR count). The Labute approximate surface area is 72.0 Å². The molecule has 0 aliphatic carbocycles. The van der Waals surface area contributed by atoms with Gasteiger partial charge in [0.2, 0.25) is 0 Å². The molecule has 6 heteroatoms. The third-order valence-corrected chi connectivity index (χ3v) is 0. The van der Waals surface area contributed by atoms with Gasteiger partial charge in [0.15, 0.2) is 5.96 Å². The van der Waals surface area contributed by atoms with Gasteiger partial charge < -0.3 is 16.6 Å². The Morgan fingerprint density at radius 2 is 1.56 bits per heavy atom. The average molecular weight is 210 g/mol. The Hall–Kier alpha value is -0.377. The minimum atomic E-state index is -0.833. The first-order valence-corrected chi connectivity index (χ1v) is 1.76. The van der Waals surface area contributed by atoms with Crippen molar-refractivity contribution in [3.8, 4) is 0 Å². The number of hydrogen-bond donors (Lipinski definition) is 4. The van der Waals surface area contributed by atoms with E-state index in [0.717, 1.165) is 6.92 Å². The number of hydrogen-bond acceptors (Lipinski definition) is 2. The van der Waals surface area contributed by atoms with Crippen molar-refractivity contribution in [2.24, 2.45) is 11.5 Å². The SMILES string of the molecule is CC(=O)O.N=C(N)N.[Zr]. The van der Waals surface area contributed by atoms with E-state index in [9.17, 15) is 0 Å². The van der Waals surface area contributed by atoms with Crippen molar-refractivity contribution in [3.05, 3.63) is 0 Å². The van der Waals surface area contributed by atoms with E-state index in [1.807, 2.05) is 0 Å². The molecule has 0 bridgehead atoms. The van der Waals surface area contributed by atoms with Crippen molar-refractivity contribution in [2.75, 3.05) is 0 Å². The van der Waals surface area contributed by atoms with Crippen LogP contribution in [-0.4, -0.2) is 17.0 Å². The molecule has 0 aromatic rings. The van der Waals surface area contributed by atoms with Gasteiger partial charge in [-0.05, 0) is 0 Å². The maximum absolute atomic E-state index is 9.00. The van der Waals surface area contributed by atoms with Crippen LogP contribution in [0.5, 0.6) is 0 Å². The van der Waals surface area contributed by atoms with Gasteiger partial charge in [0.05, 0.1) is 0 Å². The topological polar surface area (TPSA) is 113 Å². The maximum atomic E-state index is 9.00. The molecule has 0 aliphatic rings. The van der Waals surface area contributed by atoms with Gasteiger partial charge in [-0.2, -0.15) is 0 Å². The molecule has 5 nitrogen and oxygen atoms in total. The number of nitrogens with one attached hydrogen (secondary N) is 1. The Balaban J connectivity index is -0.0000000720. The summed E-state index contributed by atoms with van der Waals surface area (Å²) in [6.07, 6.45) is 0. The fourth-order valence-electron chi connectivity index (χ4n) is 0. The van der Waals surface area contributed by atoms with Crippen LogP contribution in [0.2, 0.25) is 0 Å². The predicted octanol–water partition coefficient (Wildman–Crippen LogP) is -1.07. The summed E-state index contributed by atoms with van der Waals surface area (Å²) in [5, 5.41) is 13.5. The van der Waals surface area contributed by atoms with Crippen molar-refractivity contribution < 1.29 is 36.1 Å². The van der Waals surface area contributed by atoms with Crippen LogP contribution in [0.25, 0.3) is 0 Å². The van der Waals surface area contributed by atoms with E-state index >= 15 is 0 Å². The molecular formula is C3H9N3O2Zr. The smallest absolute Gasteiger partial charge is 0.300 e. The molecule has 0 aromatic heterocycles. The van der Waals surface area contributed by atoms with Crippen LogP contribution in [0, 0.1) is 5.41 Å². The predicted molar refractivity (Wildman–Crippen MR) is 29.4 cm³/mol. The summed E-state index contributed by atoms with van der Waals surface area (Å²) in [5.74, 6) is -1.17. The molecule has 0 spiro atoms. The third kappa shape index (κ3) is 1700. The number of nitrogens with two attached hydrogens (primary N) is 2. The van der Waals surface area contributed by atoms with Gasteiger partial charge in [-0.1, -0.05) is 0 Å². The second kappa shape index (κ2) is 10.6. The zero-order chi connectivity index (χ0) is 7.15. The summed E-state index contributed by atoms with van der Waals surface area (Å²) in [4.78, 5) is 9.00. The quantitative estimate of drug-likeness (QED) is 0.301. The summed E-state index contributed by atoms with van der Waals surface area (Å²) in [6, 6.07) is 0. The maximum Gasteiger partial charge on any atom is 0.300 e. The molecule has 0 radical (unpaired) electrons. The van der Waals surface area contributed by atoms with Gasteiger partial charge >= 0.3 is 0 Å². The van der Waals surface area contributed by atoms with Gasteiger partial charge in [0, 0.05) is 33.1 Å². The summed E-state index contributed by atoms with van der Waals surface area (Å²) in [7, 11) is 0. The zero-order valence-corrected chi connectivity index (χ0v) is 7.47. The Morgan fingerprint density at radius 3 is 1.56 bits per heavy atom. The summed E-state index contributed by atoms with van der Waals surface area (Å²) in [5.41, 5.74) is 8.94. The van der Waals surface area contributed by atoms with Crippen molar-refractivity contribution >= 4 is 11.9 Å². The second-order valence-corrected chi connectivity index (χ2v) is 0.974. The Kier molecular flexibility index (Phi) is 18.6. The summed E-state index contributed by atoms with van der Waals surface area (Å²) >= 11 is 0. The number of carboxylic acid groups (broad SMARTS) is 1. The van der Waals surface area contributed by atoms with Gasteiger partial charge in [-0.15, -0.1) is 0 Å². The molecule has 0 amide bonds. The zero-order valence-electron chi connectivity index (χ0n) is 5.01.